The second-order valence-electron chi connectivity index (χ2n) is 5.64. The highest BCUT2D eigenvalue weighted by molar-refractivity contribution is 5.93. The summed E-state index contributed by atoms with van der Waals surface area (Å²) in [6, 6.07) is 0.976. The summed E-state index contributed by atoms with van der Waals surface area (Å²) >= 11 is 0. The van der Waals surface area contributed by atoms with E-state index >= 15 is 0 Å². The number of carboxylic acid groups (broad SMARTS) is 1. The Balaban J connectivity index is 1.78. The first-order chi connectivity index (χ1) is 12.2. The van der Waals surface area contributed by atoms with Gasteiger partial charge in [0.2, 0.25) is 0 Å². The molecule has 0 aromatic carbocycles. The fourth-order valence-electron chi connectivity index (χ4n) is 2.22. The average molecular weight is 373 g/mol. The molecule has 2 rings (SSSR count). The van der Waals surface area contributed by atoms with Crippen LogP contribution < -0.4 is 5.32 Å². The van der Waals surface area contributed by atoms with Gasteiger partial charge < -0.3 is 10.4 Å². The number of nitrogens with zero attached hydrogens (tertiary/aromatic N) is 4. The zero-order valence-electron chi connectivity index (χ0n) is 14.0. The minimum absolute atomic E-state index is 0.105. The van der Waals surface area contributed by atoms with Gasteiger partial charge in [0.25, 0.3) is 5.91 Å². The maximum Gasteiger partial charge on any atom is 0.435 e. The quantitative estimate of drug-likeness (QED) is 0.686. The molecule has 2 heterocycles. The van der Waals surface area contributed by atoms with Crippen LogP contribution in [-0.4, -0.2) is 43.1 Å². The maximum absolute atomic E-state index is 12.6. The Morgan fingerprint density at radius 2 is 2.04 bits per heavy atom. The first kappa shape index (κ1) is 19.5. The second kappa shape index (κ2) is 8.02. The van der Waals surface area contributed by atoms with Gasteiger partial charge >= 0.3 is 12.1 Å². The van der Waals surface area contributed by atoms with E-state index in [1.807, 2.05) is 0 Å². The summed E-state index contributed by atoms with van der Waals surface area (Å²) < 4.78 is 40.4. The van der Waals surface area contributed by atoms with Gasteiger partial charge in [-0.3, -0.25) is 19.0 Å². The molecule has 11 heteroatoms. The van der Waals surface area contributed by atoms with E-state index < -0.39 is 17.8 Å². The van der Waals surface area contributed by atoms with E-state index in [1.54, 1.807) is 0 Å². The molecule has 2 N–H and O–H groups in total. The number of amides is 1. The maximum atomic E-state index is 12.6. The van der Waals surface area contributed by atoms with E-state index in [-0.39, 0.29) is 37.5 Å². The second-order valence-corrected chi connectivity index (χ2v) is 5.64. The first-order valence-corrected chi connectivity index (χ1v) is 7.81. The van der Waals surface area contributed by atoms with Gasteiger partial charge in [-0.25, -0.2) is 0 Å². The molecule has 0 aliphatic carbocycles. The molecule has 26 heavy (non-hydrogen) atoms. The van der Waals surface area contributed by atoms with Crippen LogP contribution in [0.2, 0.25) is 0 Å². The fourth-order valence-corrected chi connectivity index (χ4v) is 2.22. The van der Waals surface area contributed by atoms with Crippen LogP contribution in [0.4, 0.5) is 13.2 Å². The molecule has 8 nitrogen and oxygen atoms in total. The molecule has 0 bridgehead atoms. The van der Waals surface area contributed by atoms with Crippen molar-refractivity contribution in [2.45, 2.75) is 39.0 Å². The van der Waals surface area contributed by atoms with Crippen LogP contribution in [0.25, 0.3) is 0 Å². The number of aliphatic carboxylic acids is 1. The topological polar surface area (TPSA) is 102 Å². The van der Waals surface area contributed by atoms with Gasteiger partial charge in [-0.2, -0.15) is 23.4 Å². The summed E-state index contributed by atoms with van der Waals surface area (Å²) in [7, 11) is 0. The van der Waals surface area contributed by atoms with Crippen molar-refractivity contribution in [3.63, 3.8) is 0 Å². The number of aryl methyl sites for hydroxylation is 3. The van der Waals surface area contributed by atoms with Crippen LogP contribution in [-0.2, 0) is 24.1 Å². The number of alkyl halides is 3. The SMILES string of the molecule is Cc1cc(C(F)(F)F)nn1CCCNC(=O)c1cnn(CCC(=O)O)c1. The summed E-state index contributed by atoms with van der Waals surface area (Å²) in [6.07, 6.45) is -1.43. The number of nitrogens with one attached hydrogen (secondary N) is 1. The number of carbonyl (C=O) groups excluding carboxylic acids is 1. The molecule has 0 fully saturated rings. The van der Waals surface area contributed by atoms with Gasteiger partial charge in [0.15, 0.2) is 5.69 Å². The molecule has 0 saturated heterocycles. The Hall–Kier alpha value is -2.85. The molecule has 0 atom stereocenters. The van der Waals surface area contributed by atoms with Crippen molar-refractivity contribution in [1.29, 1.82) is 0 Å². The Bertz CT molecular complexity index is 782. The van der Waals surface area contributed by atoms with Gasteiger partial charge in [0.05, 0.1) is 24.7 Å². The summed E-state index contributed by atoms with van der Waals surface area (Å²) in [5.74, 6) is -1.35. The van der Waals surface area contributed by atoms with E-state index in [4.69, 9.17) is 5.11 Å². The predicted molar refractivity (Wildman–Crippen MR) is 83.4 cm³/mol. The van der Waals surface area contributed by atoms with E-state index in [9.17, 15) is 22.8 Å². The minimum Gasteiger partial charge on any atom is -0.481 e. The standard InChI is InChI=1S/C15H18F3N5O3/c1-10-7-12(15(16,17)18)21-23(10)5-2-4-19-14(26)11-8-20-22(9-11)6-3-13(24)25/h7-9H,2-6H2,1H3,(H,19,26)(H,24,25). The van der Waals surface area contributed by atoms with Crippen molar-refractivity contribution < 1.29 is 27.9 Å². The zero-order valence-corrected chi connectivity index (χ0v) is 14.0. The van der Waals surface area contributed by atoms with Crippen LogP contribution in [0.15, 0.2) is 18.5 Å². The van der Waals surface area contributed by atoms with Crippen LogP contribution >= 0.6 is 0 Å². The van der Waals surface area contributed by atoms with Crippen molar-refractivity contribution >= 4 is 11.9 Å². The van der Waals surface area contributed by atoms with Gasteiger partial charge in [0.1, 0.15) is 0 Å². The number of carboxylic acids is 1. The molecule has 0 saturated carbocycles. The third kappa shape index (κ3) is 5.33. The van der Waals surface area contributed by atoms with E-state index in [0.29, 0.717) is 12.1 Å². The molecule has 0 aliphatic heterocycles. The van der Waals surface area contributed by atoms with E-state index in [1.165, 1.54) is 28.7 Å². The molecule has 0 unspecified atom stereocenters. The summed E-state index contributed by atoms with van der Waals surface area (Å²) in [4.78, 5) is 22.5. The highest BCUT2D eigenvalue weighted by atomic mass is 19.4. The third-order valence-corrected chi connectivity index (χ3v) is 3.55. The van der Waals surface area contributed by atoms with Gasteiger partial charge in [0, 0.05) is 25.0 Å². The molecule has 2 aromatic rings. The molecule has 0 spiro atoms. The van der Waals surface area contributed by atoms with E-state index in [2.05, 4.69) is 15.5 Å². The van der Waals surface area contributed by atoms with Crippen LogP contribution in [0.5, 0.6) is 0 Å². The summed E-state index contributed by atoms with van der Waals surface area (Å²) in [6.45, 7) is 2.18. The van der Waals surface area contributed by atoms with Crippen molar-refractivity contribution in [3.8, 4) is 0 Å². The Labute approximate surface area is 146 Å². The highest BCUT2D eigenvalue weighted by Crippen LogP contribution is 2.28. The lowest BCUT2D eigenvalue weighted by molar-refractivity contribution is -0.141. The lowest BCUT2D eigenvalue weighted by atomic mass is 10.3. The van der Waals surface area contributed by atoms with E-state index in [0.717, 1.165) is 6.07 Å². The molecule has 0 radical (unpaired) electrons. The highest BCUT2D eigenvalue weighted by Gasteiger charge is 2.34. The lowest BCUT2D eigenvalue weighted by Gasteiger charge is -2.06. The molecule has 2 aromatic heterocycles. The number of hydrogen-bond donors (Lipinski definition) is 2. The molecule has 0 aliphatic rings. The van der Waals surface area contributed by atoms with Crippen molar-refractivity contribution in [3.05, 3.63) is 35.4 Å². The number of carbonyl (C=O) groups is 2. The van der Waals surface area contributed by atoms with Crippen LogP contribution in [0.1, 0.15) is 34.6 Å². The Morgan fingerprint density at radius 3 is 2.65 bits per heavy atom. The summed E-state index contributed by atoms with van der Waals surface area (Å²) in [5, 5.41) is 18.6. The summed E-state index contributed by atoms with van der Waals surface area (Å²) in [5.41, 5.74) is -0.263. The first-order valence-electron chi connectivity index (χ1n) is 7.81. The monoisotopic (exact) mass is 373 g/mol. The lowest BCUT2D eigenvalue weighted by Crippen LogP contribution is -2.25. The minimum atomic E-state index is -4.48. The smallest absolute Gasteiger partial charge is 0.435 e. The predicted octanol–water partition coefficient (Wildman–Crippen LogP) is 1.70. The molecular weight excluding hydrogens is 355 g/mol. The largest absolute Gasteiger partial charge is 0.481 e. The number of rotatable bonds is 8. The van der Waals surface area contributed by atoms with Gasteiger partial charge in [-0.05, 0) is 19.4 Å². The fraction of sp³-hybridized carbons (Fsp3) is 0.467. The average Bonchev–Trinajstić information content (AvgIpc) is 3.16. The van der Waals surface area contributed by atoms with Crippen molar-refractivity contribution in [2.24, 2.45) is 0 Å². The number of hydrogen-bond acceptors (Lipinski definition) is 4. The Morgan fingerprint density at radius 1 is 1.31 bits per heavy atom. The molecule has 1 amide bonds. The Kier molecular flexibility index (Phi) is 6.01. The van der Waals surface area contributed by atoms with Crippen LogP contribution in [0, 0.1) is 6.92 Å². The van der Waals surface area contributed by atoms with Gasteiger partial charge in [-0.15, -0.1) is 0 Å². The number of aromatic nitrogens is 4. The van der Waals surface area contributed by atoms with Crippen molar-refractivity contribution in [1.82, 2.24) is 24.9 Å². The van der Waals surface area contributed by atoms with Gasteiger partial charge in [-0.1, -0.05) is 0 Å². The normalized spacial score (nSPS) is 11.5. The third-order valence-electron chi connectivity index (χ3n) is 3.55. The number of halogens is 3. The zero-order chi connectivity index (χ0) is 19.3. The van der Waals surface area contributed by atoms with Crippen LogP contribution in [0.3, 0.4) is 0 Å². The molecule has 142 valence electrons. The van der Waals surface area contributed by atoms with Crippen molar-refractivity contribution in [2.75, 3.05) is 6.54 Å². The molecular formula is C15H18F3N5O3.